The van der Waals surface area contributed by atoms with Crippen LogP contribution in [0.15, 0.2) is 23.3 Å². The lowest BCUT2D eigenvalue weighted by atomic mass is 10.1. The van der Waals surface area contributed by atoms with Gasteiger partial charge < -0.3 is 10.2 Å². The smallest absolute Gasteiger partial charge is 0.244 e. The minimum atomic E-state index is -0.931. The van der Waals surface area contributed by atoms with Gasteiger partial charge in [0.25, 0.3) is 0 Å². The van der Waals surface area contributed by atoms with Gasteiger partial charge in [-0.15, -0.1) is 0 Å². The summed E-state index contributed by atoms with van der Waals surface area (Å²) in [6.45, 7) is 3.62. The summed E-state index contributed by atoms with van der Waals surface area (Å²) in [7, 11) is 2.10. The van der Waals surface area contributed by atoms with E-state index in [0.29, 0.717) is 15.1 Å². The third-order valence-electron chi connectivity index (χ3n) is 4.13. The fourth-order valence-electron chi connectivity index (χ4n) is 2.66. The van der Waals surface area contributed by atoms with E-state index in [1.54, 1.807) is 24.5 Å². The molecule has 1 aromatic rings. The van der Waals surface area contributed by atoms with Gasteiger partial charge in [-0.05, 0) is 19.2 Å². The average Bonchev–Trinajstić information content (AvgIpc) is 2.52. The monoisotopic (exact) mass is 373 g/mol. The zero-order chi connectivity index (χ0) is 16.6. The molecule has 23 heavy (non-hydrogen) atoms. The molecular weight excluding hydrogens is 357 g/mol. The maximum absolute atomic E-state index is 6.39. The number of hydrogen-bond acceptors (Lipinski definition) is 5. The maximum atomic E-state index is 6.39. The largest absolute Gasteiger partial charge is 0.342 e. The van der Waals surface area contributed by atoms with E-state index in [-0.39, 0.29) is 0 Å². The molecule has 0 saturated carbocycles. The van der Waals surface area contributed by atoms with Gasteiger partial charge in [0, 0.05) is 54.8 Å². The van der Waals surface area contributed by atoms with E-state index in [2.05, 4.69) is 27.2 Å². The van der Waals surface area contributed by atoms with Gasteiger partial charge >= 0.3 is 0 Å². The van der Waals surface area contributed by atoms with Crippen molar-refractivity contribution in [3.05, 3.63) is 39.0 Å². The van der Waals surface area contributed by atoms with Crippen LogP contribution in [0.25, 0.3) is 5.57 Å². The summed E-state index contributed by atoms with van der Waals surface area (Å²) in [6.07, 6.45) is 3.52. The molecule has 2 heterocycles. The van der Waals surface area contributed by atoms with E-state index in [4.69, 9.17) is 40.5 Å². The van der Waals surface area contributed by atoms with Crippen LogP contribution in [0, 0.1) is 0 Å². The van der Waals surface area contributed by atoms with E-state index in [1.165, 1.54) is 0 Å². The van der Waals surface area contributed by atoms with Crippen LogP contribution >= 0.6 is 34.8 Å². The summed E-state index contributed by atoms with van der Waals surface area (Å²) >= 11 is 18.4. The maximum Gasteiger partial charge on any atom is 0.244 e. The number of aliphatic imine (C=N–C) groups is 1. The Morgan fingerprint density at radius 2 is 1.87 bits per heavy atom. The molecule has 124 valence electrons. The minimum absolute atomic E-state index is 0.409. The Bertz CT molecular complexity index is 667. The van der Waals surface area contributed by atoms with Crippen LogP contribution in [0.1, 0.15) is 5.56 Å². The summed E-state index contributed by atoms with van der Waals surface area (Å²) < 4.78 is 0. The second-order valence-electron chi connectivity index (χ2n) is 5.77. The first-order valence-corrected chi connectivity index (χ1v) is 8.43. The molecule has 0 spiro atoms. The molecule has 0 aliphatic carbocycles. The van der Waals surface area contributed by atoms with Crippen LogP contribution in [0.3, 0.4) is 0 Å². The van der Waals surface area contributed by atoms with Gasteiger partial charge in [0.15, 0.2) is 0 Å². The molecular formula is C15H18Cl3N5. The summed E-state index contributed by atoms with van der Waals surface area (Å²) in [5.74, 6) is -0.931. The van der Waals surface area contributed by atoms with E-state index < -0.39 is 5.91 Å². The number of nitrogens with two attached hydrogens (primary N) is 1. The Balaban J connectivity index is 1.80. The molecule has 1 fully saturated rings. The first-order chi connectivity index (χ1) is 10.9. The molecule has 2 aliphatic rings. The average molecular weight is 375 g/mol. The predicted molar refractivity (Wildman–Crippen MR) is 97.1 cm³/mol. The first kappa shape index (κ1) is 17.0. The molecule has 8 heteroatoms. The third kappa shape index (κ3) is 3.50. The van der Waals surface area contributed by atoms with Crippen molar-refractivity contribution >= 4 is 46.6 Å². The van der Waals surface area contributed by atoms with Gasteiger partial charge in [0.2, 0.25) is 5.91 Å². The Morgan fingerprint density at radius 1 is 1.17 bits per heavy atom. The molecule has 3 rings (SSSR count). The highest BCUT2D eigenvalue weighted by Gasteiger charge is 2.34. The topological polar surface area (TPSA) is 56.9 Å². The van der Waals surface area contributed by atoms with Crippen molar-refractivity contribution in [1.29, 1.82) is 0 Å². The number of benzene rings is 1. The molecule has 1 atom stereocenters. The van der Waals surface area contributed by atoms with Crippen molar-refractivity contribution in [3.8, 4) is 0 Å². The summed E-state index contributed by atoms with van der Waals surface area (Å²) in [6, 6.07) is 3.37. The highest BCUT2D eigenvalue weighted by atomic mass is 35.5. The van der Waals surface area contributed by atoms with Gasteiger partial charge in [-0.3, -0.25) is 5.73 Å². The minimum Gasteiger partial charge on any atom is -0.342 e. The van der Waals surface area contributed by atoms with Gasteiger partial charge in [-0.25, -0.2) is 9.89 Å². The number of allylic oxidation sites excluding steroid dienone is 1. The van der Waals surface area contributed by atoms with Crippen LogP contribution in [-0.4, -0.2) is 55.2 Å². The Kier molecular flexibility index (Phi) is 4.88. The number of likely N-dealkylation sites (N-methyl/N-ethyl adjacent to an activating group) is 1. The molecule has 3 N–H and O–H groups in total. The Labute approximate surface area is 150 Å². The summed E-state index contributed by atoms with van der Waals surface area (Å²) in [4.78, 5) is 8.88. The number of rotatable bonds is 2. The standard InChI is InChI=1S/C15H18Cl3N5/c1-22-2-4-23(5-3-22)15(19)20-8-10(9-21-15)12-6-11(16)7-13(17)14(12)18/h6-9,20H,2-5,19H2,1H3. The molecule has 0 aromatic heterocycles. The van der Waals surface area contributed by atoms with Crippen molar-refractivity contribution in [2.45, 2.75) is 5.91 Å². The Hall–Kier alpha value is -0.820. The van der Waals surface area contributed by atoms with Gasteiger partial charge in [-0.1, -0.05) is 34.8 Å². The van der Waals surface area contributed by atoms with Gasteiger partial charge in [0.05, 0.1) is 10.0 Å². The van der Waals surface area contributed by atoms with E-state index in [1.807, 2.05) is 0 Å². The van der Waals surface area contributed by atoms with Crippen LogP contribution in [0.2, 0.25) is 15.1 Å². The van der Waals surface area contributed by atoms with Crippen LogP contribution in [0.4, 0.5) is 0 Å². The lowest BCUT2D eigenvalue weighted by molar-refractivity contribution is 0.0342. The second kappa shape index (κ2) is 6.59. The second-order valence-corrected chi connectivity index (χ2v) is 6.99. The van der Waals surface area contributed by atoms with E-state index in [9.17, 15) is 0 Å². The third-order valence-corrected chi connectivity index (χ3v) is 5.15. The molecule has 1 saturated heterocycles. The zero-order valence-corrected chi connectivity index (χ0v) is 15.0. The first-order valence-electron chi connectivity index (χ1n) is 7.29. The van der Waals surface area contributed by atoms with Crippen molar-refractivity contribution in [1.82, 2.24) is 15.1 Å². The highest BCUT2D eigenvalue weighted by molar-refractivity contribution is 6.45. The SMILES string of the molecule is CN1CCN(C2(N)N=CC(c3cc(Cl)cc(Cl)c3Cl)=CN2)CC1. The van der Waals surface area contributed by atoms with E-state index in [0.717, 1.165) is 37.3 Å². The van der Waals surface area contributed by atoms with Crippen molar-refractivity contribution in [2.24, 2.45) is 10.7 Å². The van der Waals surface area contributed by atoms with Crippen molar-refractivity contribution in [2.75, 3.05) is 33.2 Å². The van der Waals surface area contributed by atoms with Gasteiger partial charge in [-0.2, -0.15) is 0 Å². The quantitative estimate of drug-likeness (QED) is 0.781. The predicted octanol–water partition coefficient (Wildman–Crippen LogP) is 2.48. The lowest BCUT2D eigenvalue weighted by Crippen LogP contribution is -2.67. The number of hydrogen-bond donors (Lipinski definition) is 2. The lowest BCUT2D eigenvalue weighted by Gasteiger charge is -2.43. The number of piperazine rings is 1. The molecule has 2 aliphatic heterocycles. The van der Waals surface area contributed by atoms with Crippen molar-refractivity contribution < 1.29 is 0 Å². The number of nitrogens with zero attached hydrogens (tertiary/aromatic N) is 3. The molecule has 0 bridgehead atoms. The van der Waals surface area contributed by atoms with E-state index >= 15 is 0 Å². The number of halogens is 3. The van der Waals surface area contributed by atoms with Crippen LogP contribution in [-0.2, 0) is 0 Å². The molecule has 0 radical (unpaired) electrons. The van der Waals surface area contributed by atoms with Crippen molar-refractivity contribution in [3.63, 3.8) is 0 Å². The number of nitrogens with one attached hydrogen (secondary N) is 1. The molecule has 1 unspecified atom stereocenters. The Morgan fingerprint density at radius 3 is 2.48 bits per heavy atom. The zero-order valence-electron chi connectivity index (χ0n) is 12.7. The van der Waals surface area contributed by atoms with Crippen LogP contribution in [0.5, 0.6) is 0 Å². The fraction of sp³-hybridized carbons (Fsp3) is 0.400. The molecule has 5 nitrogen and oxygen atoms in total. The highest BCUT2D eigenvalue weighted by Crippen LogP contribution is 2.34. The molecule has 0 amide bonds. The molecule has 1 aromatic carbocycles. The normalized spacial score (nSPS) is 26.0. The fourth-order valence-corrected chi connectivity index (χ4v) is 3.37. The summed E-state index contributed by atoms with van der Waals surface area (Å²) in [5, 5.41) is 4.55. The summed E-state index contributed by atoms with van der Waals surface area (Å²) in [5.41, 5.74) is 7.90. The van der Waals surface area contributed by atoms with Crippen LogP contribution < -0.4 is 11.1 Å². The van der Waals surface area contributed by atoms with Gasteiger partial charge in [0.1, 0.15) is 0 Å².